The van der Waals surface area contributed by atoms with Crippen LogP contribution in [0.2, 0.25) is 0 Å². The molecule has 2 amide bonds. The van der Waals surface area contributed by atoms with Gasteiger partial charge in [-0.05, 0) is 19.3 Å². The van der Waals surface area contributed by atoms with Crippen LogP contribution in [0.25, 0.3) is 0 Å². The molecule has 11 heteroatoms. The van der Waals surface area contributed by atoms with E-state index in [2.05, 4.69) is 10.6 Å². The molecule has 0 aromatic rings. The minimum Gasteiger partial charge on any atom is -0.481 e. The highest BCUT2D eigenvalue weighted by molar-refractivity contribution is 8.00. The summed E-state index contributed by atoms with van der Waals surface area (Å²) in [6, 6.07) is -0.250. The lowest BCUT2D eigenvalue weighted by Crippen LogP contribution is -2.67. The topological polar surface area (TPSA) is 194 Å². The van der Waals surface area contributed by atoms with Crippen molar-refractivity contribution in [1.82, 2.24) is 10.6 Å². The molecule has 2 aliphatic heterocycles. The Balaban J connectivity index is 0.000000293. The van der Waals surface area contributed by atoms with Crippen molar-refractivity contribution in [2.45, 2.75) is 74.5 Å². The van der Waals surface area contributed by atoms with Gasteiger partial charge in [0.1, 0.15) is 0 Å². The molecule has 2 rings (SSSR count). The summed E-state index contributed by atoms with van der Waals surface area (Å²) in [6.45, 7) is 1.89. The van der Waals surface area contributed by atoms with E-state index in [1.165, 1.54) is 0 Å². The second-order valence-corrected chi connectivity index (χ2v) is 8.17. The highest BCUT2D eigenvalue weighted by Crippen LogP contribution is 2.33. The third-order valence-electron chi connectivity index (χ3n) is 4.65. The number of amides is 2. The molecule has 2 fully saturated rings. The van der Waals surface area contributed by atoms with Gasteiger partial charge in [-0.25, -0.2) is 9.59 Å². The van der Waals surface area contributed by atoms with E-state index in [4.69, 9.17) is 27.4 Å². The van der Waals surface area contributed by atoms with Crippen LogP contribution in [0.4, 0.5) is 4.79 Å². The first-order valence-corrected chi connectivity index (χ1v) is 10.1. The molecule has 10 nitrogen and oxygen atoms in total. The molecule has 1 unspecified atom stereocenters. The van der Waals surface area contributed by atoms with Gasteiger partial charge in [0.15, 0.2) is 5.66 Å². The standard InChI is InChI=1S/C10H16N2O3S.C6H15N3O2/c13-8(14)4-2-1-3-7-9-6(5-16-7)11-10(15)12-9;1-2-3-4(7)6(8,9)5(10)11/h6-7,9H,1-5H2,(H,13,14)(H2,11,12,15);4H,2-3,7-9H2,1H3,(H,10,11)/t6-,7-,9-;/m0./s1. The molecular formula is C16H31N5O5S. The summed E-state index contributed by atoms with van der Waals surface area (Å²) in [4.78, 5) is 31.9. The minimum absolute atomic E-state index is 0.0640. The average Bonchev–Trinajstić information content (AvgIpc) is 3.11. The normalized spacial score (nSPS) is 24.9. The lowest BCUT2D eigenvalue weighted by molar-refractivity contribution is -0.144. The molecule has 0 aromatic heterocycles. The van der Waals surface area contributed by atoms with Crippen molar-refractivity contribution in [2.75, 3.05) is 5.75 Å². The van der Waals surface area contributed by atoms with Crippen molar-refractivity contribution >= 4 is 29.7 Å². The second-order valence-electron chi connectivity index (χ2n) is 6.89. The Bertz CT molecular complexity index is 533. The number of nitrogens with one attached hydrogen (secondary N) is 2. The molecule has 0 saturated carbocycles. The summed E-state index contributed by atoms with van der Waals surface area (Å²) in [7, 11) is 0. The van der Waals surface area contributed by atoms with E-state index >= 15 is 0 Å². The minimum atomic E-state index is -1.80. The summed E-state index contributed by atoms with van der Waals surface area (Å²) in [5, 5.41) is 23.3. The van der Waals surface area contributed by atoms with Crippen molar-refractivity contribution in [2.24, 2.45) is 17.2 Å². The first-order chi connectivity index (χ1) is 12.6. The fourth-order valence-electron chi connectivity index (χ4n) is 2.97. The first-order valence-electron chi connectivity index (χ1n) is 9.06. The molecule has 0 aliphatic carbocycles. The Hall–Kier alpha value is -1.56. The number of fused-ring (bicyclic) bond motifs is 1. The number of aliphatic carboxylic acids is 2. The van der Waals surface area contributed by atoms with E-state index in [0.717, 1.165) is 31.4 Å². The van der Waals surface area contributed by atoms with Gasteiger partial charge in [-0.3, -0.25) is 4.79 Å². The number of nitrogens with two attached hydrogens (primary N) is 3. The molecule has 0 aromatic carbocycles. The number of carbonyl (C=O) groups excluding carboxylic acids is 1. The maximum Gasteiger partial charge on any atom is 0.340 e. The van der Waals surface area contributed by atoms with Crippen molar-refractivity contribution in [3.05, 3.63) is 0 Å². The van der Waals surface area contributed by atoms with E-state index in [0.29, 0.717) is 11.7 Å². The van der Waals surface area contributed by atoms with Gasteiger partial charge in [0, 0.05) is 23.5 Å². The van der Waals surface area contributed by atoms with Crippen LogP contribution in [0.1, 0.15) is 45.4 Å². The summed E-state index contributed by atoms with van der Waals surface area (Å²) in [6.07, 6.45) is 4.16. The van der Waals surface area contributed by atoms with Crippen LogP contribution in [-0.2, 0) is 9.59 Å². The van der Waals surface area contributed by atoms with Gasteiger partial charge in [0.05, 0.1) is 12.1 Å². The largest absolute Gasteiger partial charge is 0.481 e. The van der Waals surface area contributed by atoms with Crippen LogP contribution >= 0.6 is 11.8 Å². The number of carboxylic acids is 2. The van der Waals surface area contributed by atoms with Gasteiger partial charge in [-0.2, -0.15) is 11.8 Å². The molecule has 10 N–H and O–H groups in total. The Morgan fingerprint density at radius 1 is 1.30 bits per heavy atom. The van der Waals surface area contributed by atoms with Gasteiger partial charge in [0.25, 0.3) is 0 Å². The Morgan fingerprint density at radius 2 is 1.96 bits per heavy atom. The molecule has 0 radical (unpaired) electrons. The quantitative estimate of drug-likeness (QED) is 0.152. The number of hydrogen-bond acceptors (Lipinski definition) is 7. The summed E-state index contributed by atoms with van der Waals surface area (Å²) in [5.74, 6) is -1.03. The van der Waals surface area contributed by atoms with Crippen molar-refractivity contribution in [1.29, 1.82) is 0 Å². The van der Waals surface area contributed by atoms with Crippen LogP contribution < -0.4 is 27.8 Å². The second kappa shape index (κ2) is 10.7. The first kappa shape index (κ1) is 23.5. The predicted octanol–water partition coefficient (Wildman–Crippen LogP) is -0.391. The zero-order chi connectivity index (χ0) is 20.6. The van der Waals surface area contributed by atoms with E-state index in [1.807, 2.05) is 18.7 Å². The number of carbonyl (C=O) groups is 3. The molecule has 2 saturated heterocycles. The number of rotatable bonds is 9. The van der Waals surface area contributed by atoms with Gasteiger partial charge in [-0.1, -0.05) is 19.8 Å². The van der Waals surface area contributed by atoms with Crippen LogP contribution in [0.3, 0.4) is 0 Å². The lowest BCUT2D eigenvalue weighted by Gasteiger charge is -2.25. The predicted molar refractivity (Wildman–Crippen MR) is 103 cm³/mol. The van der Waals surface area contributed by atoms with E-state index in [1.54, 1.807) is 0 Å². The van der Waals surface area contributed by atoms with E-state index in [9.17, 15) is 14.4 Å². The van der Waals surface area contributed by atoms with E-state index in [-0.39, 0.29) is 24.5 Å². The number of carboxylic acid groups (broad SMARTS) is 2. The van der Waals surface area contributed by atoms with Crippen molar-refractivity contribution in [3.8, 4) is 0 Å². The third kappa shape index (κ3) is 7.17. The smallest absolute Gasteiger partial charge is 0.340 e. The van der Waals surface area contributed by atoms with Crippen molar-refractivity contribution < 1.29 is 24.6 Å². The Labute approximate surface area is 163 Å². The Morgan fingerprint density at radius 3 is 2.52 bits per heavy atom. The summed E-state index contributed by atoms with van der Waals surface area (Å²) < 4.78 is 0. The molecule has 2 heterocycles. The molecule has 0 spiro atoms. The van der Waals surface area contributed by atoms with Gasteiger partial charge >= 0.3 is 18.0 Å². The van der Waals surface area contributed by atoms with Gasteiger partial charge in [0.2, 0.25) is 0 Å². The number of urea groups is 1. The molecule has 4 atom stereocenters. The lowest BCUT2D eigenvalue weighted by atomic mass is 9.99. The number of thioether (sulfide) groups is 1. The SMILES string of the molecule is CCCC(N)C(N)(N)C(=O)O.O=C(O)CCCC[C@@H]1SC[C@@H]2NC(=O)N[C@@H]21. The van der Waals surface area contributed by atoms with Crippen LogP contribution in [0, 0.1) is 0 Å². The van der Waals surface area contributed by atoms with Crippen LogP contribution in [0.5, 0.6) is 0 Å². The van der Waals surface area contributed by atoms with Crippen LogP contribution in [-0.4, -0.2) is 63.0 Å². The highest BCUT2D eigenvalue weighted by atomic mass is 32.2. The third-order valence-corrected chi connectivity index (χ3v) is 6.16. The zero-order valence-corrected chi connectivity index (χ0v) is 16.3. The van der Waals surface area contributed by atoms with Gasteiger partial charge in [-0.15, -0.1) is 0 Å². The average molecular weight is 406 g/mol. The fourth-order valence-corrected chi connectivity index (χ4v) is 4.52. The molecule has 156 valence electrons. The molecule has 2 aliphatic rings. The molecular weight excluding hydrogens is 374 g/mol. The zero-order valence-electron chi connectivity index (χ0n) is 15.5. The number of unbranched alkanes of at least 4 members (excludes halogenated alkanes) is 1. The van der Waals surface area contributed by atoms with E-state index < -0.39 is 23.6 Å². The monoisotopic (exact) mass is 405 g/mol. The fraction of sp³-hybridized carbons (Fsp3) is 0.812. The summed E-state index contributed by atoms with van der Waals surface area (Å²) >= 11 is 1.87. The molecule has 0 bridgehead atoms. The van der Waals surface area contributed by atoms with Crippen LogP contribution in [0.15, 0.2) is 0 Å². The van der Waals surface area contributed by atoms with Gasteiger partial charge < -0.3 is 38.0 Å². The van der Waals surface area contributed by atoms with Crippen molar-refractivity contribution in [3.63, 3.8) is 0 Å². The maximum atomic E-state index is 11.1. The Kier molecular flexibility index (Phi) is 9.30. The molecule has 27 heavy (non-hydrogen) atoms. The maximum absolute atomic E-state index is 11.1. The summed E-state index contributed by atoms with van der Waals surface area (Å²) in [5.41, 5.74) is 14.1. The highest BCUT2D eigenvalue weighted by Gasteiger charge is 2.42. The number of hydrogen-bond donors (Lipinski definition) is 7.